The van der Waals surface area contributed by atoms with Gasteiger partial charge in [0.2, 0.25) is 0 Å². The molecule has 5 heteroatoms. The molecule has 1 atom stereocenters. The zero-order chi connectivity index (χ0) is 20.5. The smallest absolute Gasteiger partial charge is 0.339 e. The second kappa shape index (κ2) is 7.76. The lowest BCUT2D eigenvalue weighted by molar-refractivity contribution is -0.0275. The lowest BCUT2D eigenvalue weighted by Gasteiger charge is -2.29. The van der Waals surface area contributed by atoms with Gasteiger partial charge in [0, 0.05) is 0 Å². The normalized spacial score (nSPS) is 17.1. The molecule has 1 aliphatic carbocycles. The molecular weight excluding hydrogens is 356 g/mol. The fourth-order valence-electron chi connectivity index (χ4n) is 4.07. The zero-order valence-electron chi connectivity index (χ0n) is 17.0. The number of ether oxygens (including phenoxy) is 3. The summed E-state index contributed by atoms with van der Waals surface area (Å²) in [5.74, 6) is -1.10. The van der Waals surface area contributed by atoms with Gasteiger partial charge < -0.3 is 14.2 Å². The van der Waals surface area contributed by atoms with Crippen molar-refractivity contribution in [1.29, 1.82) is 0 Å². The SMILES string of the molecule is COC(=O)c1c(C)cc2c(c1C(=O)OC)[C@H](OCc1ccccc1)C(C)(C)C2. The lowest BCUT2D eigenvalue weighted by Crippen LogP contribution is -2.23. The van der Waals surface area contributed by atoms with Crippen LogP contribution in [0.1, 0.15) is 62.9 Å². The molecule has 0 heterocycles. The minimum absolute atomic E-state index is 0.235. The lowest BCUT2D eigenvalue weighted by atomic mass is 9.86. The molecule has 5 nitrogen and oxygen atoms in total. The van der Waals surface area contributed by atoms with Gasteiger partial charge in [-0.1, -0.05) is 50.2 Å². The Morgan fingerprint density at radius 3 is 2.25 bits per heavy atom. The third-order valence-corrected chi connectivity index (χ3v) is 5.31. The summed E-state index contributed by atoms with van der Waals surface area (Å²) in [7, 11) is 2.63. The van der Waals surface area contributed by atoms with Crippen LogP contribution < -0.4 is 0 Å². The van der Waals surface area contributed by atoms with Crippen LogP contribution in [0.15, 0.2) is 36.4 Å². The molecule has 0 spiro atoms. The average molecular weight is 382 g/mol. The van der Waals surface area contributed by atoms with E-state index in [-0.39, 0.29) is 22.6 Å². The van der Waals surface area contributed by atoms with Crippen LogP contribution in [0.25, 0.3) is 0 Å². The van der Waals surface area contributed by atoms with Crippen molar-refractivity contribution in [2.24, 2.45) is 5.41 Å². The number of benzene rings is 2. The molecule has 28 heavy (non-hydrogen) atoms. The Balaban J connectivity index is 2.12. The van der Waals surface area contributed by atoms with Crippen molar-refractivity contribution in [3.63, 3.8) is 0 Å². The predicted octanol–water partition coefficient (Wildman–Crippen LogP) is 4.41. The molecule has 1 aliphatic rings. The highest BCUT2D eigenvalue weighted by Gasteiger charge is 2.44. The average Bonchev–Trinajstić information content (AvgIpc) is 2.93. The minimum Gasteiger partial charge on any atom is -0.465 e. The van der Waals surface area contributed by atoms with Crippen molar-refractivity contribution in [2.75, 3.05) is 14.2 Å². The maximum absolute atomic E-state index is 12.7. The summed E-state index contributed by atoms with van der Waals surface area (Å²) < 4.78 is 16.3. The van der Waals surface area contributed by atoms with Crippen molar-refractivity contribution >= 4 is 11.9 Å². The number of carbonyl (C=O) groups is 2. The van der Waals surface area contributed by atoms with E-state index in [9.17, 15) is 9.59 Å². The van der Waals surface area contributed by atoms with Gasteiger partial charge in [0.25, 0.3) is 0 Å². The molecule has 0 aromatic heterocycles. The van der Waals surface area contributed by atoms with E-state index >= 15 is 0 Å². The third-order valence-electron chi connectivity index (χ3n) is 5.31. The van der Waals surface area contributed by atoms with Gasteiger partial charge in [0.05, 0.1) is 38.1 Å². The number of methoxy groups -OCH3 is 2. The molecule has 2 aromatic carbocycles. The van der Waals surface area contributed by atoms with Crippen LogP contribution >= 0.6 is 0 Å². The van der Waals surface area contributed by atoms with Gasteiger partial charge in [-0.15, -0.1) is 0 Å². The summed E-state index contributed by atoms with van der Waals surface area (Å²) in [6, 6.07) is 11.8. The van der Waals surface area contributed by atoms with Crippen LogP contribution in [0, 0.1) is 12.3 Å². The first-order valence-corrected chi connectivity index (χ1v) is 9.28. The minimum atomic E-state index is -0.550. The van der Waals surface area contributed by atoms with Gasteiger partial charge in [0.1, 0.15) is 0 Å². The van der Waals surface area contributed by atoms with Crippen LogP contribution in [-0.2, 0) is 27.2 Å². The second-order valence-electron chi connectivity index (χ2n) is 7.84. The van der Waals surface area contributed by atoms with E-state index in [1.807, 2.05) is 43.3 Å². The van der Waals surface area contributed by atoms with Crippen molar-refractivity contribution in [3.05, 3.63) is 69.8 Å². The van der Waals surface area contributed by atoms with E-state index in [1.54, 1.807) is 0 Å². The van der Waals surface area contributed by atoms with Gasteiger partial charge in [-0.3, -0.25) is 0 Å². The van der Waals surface area contributed by atoms with Gasteiger partial charge >= 0.3 is 11.9 Å². The molecule has 0 amide bonds. The molecule has 0 fully saturated rings. The first-order chi connectivity index (χ1) is 13.3. The second-order valence-corrected chi connectivity index (χ2v) is 7.84. The third kappa shape index (κ3) is 3.54. The Morgan fingerprint density at radius 1 is 1.04 bits per heavy atom. The fourth-order valence-corrected chi connectivity index (χ4v) is 4.07. The van der Waals surface area contributed by atoms with E-state index in [1.165, 1.54) is 14.2 Å². The topological polar surface area (TPSA) is 61.8 Å². The number of esters is 2. The quantitative estimate of drug-likeness (QED) is 0.717. The van der Waals surface area contributed by atoms with Crippen LogP contribution in [-0.4, -0.2) is 26.2 Å². The Morgan fingerprint density at radius 2 is 1.64 bits per heavy atom. The summed E-state index contributed by atoms with van der Waals surface area (Å²) in [4.78, 5) is 25.2. The highest BCUT2D eigenvalue weighted by atomic mass is 16.5. The molecule has 2 aromatic rings. The van der Waals surface area contributed by atoms with Gasteiger partial charge in [-0.25, -0.2) is 9.59 Å². The van der Waals surface area contributed by atoms with Crippen molar-refractivity contribution in [2.45, 2.75) is 39.9 Å². The monoisotopic (exact) mass is 382 g/mol. The number of aryl methyl sites for hydroxylation is 1. The van der Waals surface area contributed by atoms with Crippen LogP contribution in [0.2, 0.25) is 0 Å². The maximum Gasteiger partial charge on any atom is 0.339 e. The van der Waals surface area contributed by atoms with E-state index in [0.29, 0.717) is 12.2 Å². The van der Waals surface area contributed by atoms with Gasteiger partial charge in [-0.2, -0.15) is 0 Å². The Kier molecular flexibility index (Phi) is 5.57. The molecule has 0 saturated heterocycles. The standard InChI is InChI=1S/C23H26O5/c1-14-11-16-12-23(2,3)20(28-13-15-9-7-6-8-10-15)18(16)19(22(25)27-5)17(14)21(24)26-4/h6-11,20H,12-13H2,1-5H3/t20-/m0/s1. The number of fused-ring (bicyclic) bond motifs is 1. The van der Waals surface area contributed by atoms with Crippen molar-refractivity contribution in [1.82, 2.24) is 0 Å². The van der Waals surface area contributed by atoms with Crippen molar-refractivity contribution < 1.29 is 23.8 Å². The first-order valence-electron chi connectivity index (χ1n) is 9.28. The highest BCUT2D eigenvalue weighted by Crippen LogP contribution is 2.50. The van der Waals surface area contributed by atoms with Crippen molar-refractivity contribution in [3.8, 4) is 0 Å². The Bertz CT molecular complexity index is 899. The van der Waals surface area contributed by atoms with Gasteiger partial charge in [-0.05, 0) is 41.0 Å². The molecule has 0 saturated carbocycles. The summed E-state index contributed by atoms with van der Waals surface area (Å²) in [5.41, 5.74) is 3.76. The Labute approximate surface area is 165 Å². The fraction of sp³-hybridized carbons (Fsp3) is 0.391. The summed E-state index contributed by atoms with van der Waals surface area (Å²) >= 11 is 0. The summed E-state index contributed by atoms with van der Waals surface area (Å²) in [6.07, 6.45) is 0.398. The molecule has 0 radical (unpaired) electrons. The van der Waals surface area contributed by atoms with Crippen LogP contribution in [0.3, 0.4) is 0 Å². The molecule has 0 bridgehead atoms. The van der Waals surface area contributed by atoms with E-state index in [2.05, 4.69) is 13.8 Å². The zero-order valence-corrected chi connectivity index (χ0v) is 17.0. The van der Waals surface area contributed by atoms with Crippen LogP contribution in [0.5, 0.6) is 0 Å². The first kappa shape index (κ1) is 20.1. The summed E-state index contributed by atoms with van der Waals surface area (Å²) in [6.45, 7) is 6.44. The molecule has 3 rings (SSSR count). The molecular formula is C23H26O5. The highest BCUT2D eigenvalue weighted by molar-refractivity contribution is 6.05. The molecule has 0 aliphatic heterocycles. The molecule has 148 valence electrons. The van der Waals surface area contributed by atoms with Crippen LogP contribution in [0.4, 0.5) is 0 Å². The predicted molar refractivity (Wildman–Crippen MR) is 105 cm³/mol. The maximum atomic E-state index is 12.7. The van der Waals surface area contributed by atoms with E-state index in [4.69, 9.17) is 14.2 Å². The number of rotatable bonds is 5. The largest absolute Gasteiger partial charge is 0.465 e. The van der Waals surface area contributed by atoms with E-state index in [0.717, 1.165) is 23.1 Å². The molecule has 0 N–H and O–H groups in total. The molecule has 0 unspecified atom stereocenters. The number of carbonyl (C=O) groups excluding carboxylic acids is 2. The number of hydrogen-bond acceptors (Lipinski definition) is 5. The summed E-state index contributed by atoms with van der Waals surface area (Å²) in [5, 5.41) is 0. The van der Waals surface area contributed by atoms with E-state index < -0.39 is 11.9 Å². The number of hydrogen-bond donors (Lipinski definition) is 0. The Hall–Kier alpha value is -2.66. The van der Waals surface area contributed by atoms with Gasteiger partial charge in [0.15, 0.2) is 0 Å².